The fourth-order valence-corrected chi connectivity index (χ4v) is 3.03. The molecule has 0 spiro atoms. The summed E-state index contributed by atoms with van der Waals surface area (Å²) in [4.78, 5) is 19.2. The van der Waals surface area contributed by atoms with Gasteiger partial charge in [-0.1, -0.05) is 6.07 Å². The number of aromatic nitrogens is 3. The molecule has 4 rings (SSSR count). The van der Waals surface area contributed by atoms with Gasteiger partial charge in [0.2, 0.25) is 11.8 Å². The lowest BCUT2D eigenvalue weighted by atomic mass is 10.2. The molecule has 0 bridgehead atoms. The summed E-state index contributed by atoms with van der Waals surface area (Å²) in [6.07, 6.45) is 1.81. The number of hydrogen-bond donors (Lipinski definition) is 0. The van der Waals surface area contributed by atoms with Gasteiger partial charge in [0, 0.05) is 50.1 Å². The number of nitrogens with zero attached hydrogens (tertiary/aromatic N) is 6. The number of nitro groups is 1. The maximum atomic E-state index is 10.7. The van der Waals surface area contributed by atoms with Gasteiger partial charge >= 0.3 is 0 Å². The Morgan fingerprint density at radius 1 is 1.04 bits per heavy atom. The zero-order valence-corrected chi connectivity index (χ0v) is 14.6. The van der Waals surface area contributed by atoms with Gasteiger partial charge in [-0.25, -0.2) is 4.98 Å². The van der Waals surface area contributed by atoms with E-state index >= 15 is 0 Å². The molecule has 0 radical (unpaired) electrons. The quantitative estimate of drug-likeness (QED) is 0.501. The van der Waals surface area contributed by atoms with Crippen LogP contribution in [0.2, 0.25) is 0 Å². The average Bonchev–Trinajstić information content (AvgIpc) is 3.18. The van der Waals surface area contributed by atoms with Gasteiger partial charge in [0.25, 0.3) is 5.69 Å². The lowest BCUT2D eigenvalue weighted by Crippen LogP contribution is -2.46. The molecule has 0 amide bonds. The highest BCUT2D eigenvalue weighted by molar-refractivity contribution is 5.55. The molecule has 1 aliphatic rings. The Balaban J connectivity index is 1.35. The first-order valence-corrected chi connectivity index (χ1v) is 8.64. The highest BCUT2D eigenvalue weighted by Crippen LogP contribution is 2.22. The summed E-state index contributed by atoms with van der Waals surface area (Å²) < 4.78 is 5.72. The predicted molar refractivity (Wildman–Crippen MR) is 98.1 cm³/mol. The molecule has 2 aromatic heterocycles. The number of rotatable bonds is 5. The molecule has 1 saturated heterocycles. The van der Waals surface area contributed by atoms with Crippen molar-refractivity contribution in [1.82, 2.24) is 20.1 Å². The van der Waals surface area contributed by atoms with Crippen LogP contribution in [-0.2, 0) is 6.54 Å². The number of hydrogen-bond acceptors (Lipinski definition) is 8. The maximum Gasteiger partial charge on any atom is 0.269 e. The van der Waals surface area contributed by atoms with E-state index in [2.05, 4.69) is 25.0 Å². The molecular formula is C18H18N6O3. The molecule has 0 atom stereocenters. The van der Waals surface area contributed by atoms with E-state index < -0.39 is 4.92 Å². The Labute approximate surface area is 155 Å². The van der Waals surface area contributed by atoms with Crippen LogP contribution in [0.25, 0.3) is 11.5 Å². The minimum atomic E-state index is -0.437. The fraction of sp³-hybridized carbons (Fsp3) is 0.278. The summed E-state index contributed by atoms with van der Waals surface area (Å²) in [6.45, 7) is 4.12. The summed E-state index contributed by atoms with van der Waals surface area (Å²) in [6, 6.07) is 12.0. The molecule has 0 aliphatic carbocycles. The van der Waals surface area contributed by atoms with E-state index in [1.807, 2.05) is 18.2 Å². The zero-order valence-electron chi connectivity index (χ0n) is 14.6. The Morgan fingerprint density at radius 3 is 2.48 bits per heavy atom. The second-order valence-electron chi connectivity index (χ2n) is 6.26. The number of piperazine rings is 1. The SMILES string of the molecule is O=[N+]([O-])c1ccc(-c2nnc(CN3CCN(c4ccccn4)CC3)o2)cc1. The van der Waals surface area contributed by atoms with Gasteiger partial charge in [-0.05, 0) is 24.3 Å². The number of nitro benzene ring substituents is 1. The Morgan fingerprint density at radius 2 is 1.81 bits per heavy atom. The van der Waals surface area contributed by atoms with Crippen molar-refractivity contribution in [3.8, 4) is 11.5 Å². The third-order valence-electron chi connectivity index (χ3n) is 4.50. The molecular weight excluding hydrogens is 348 g/mol. The first kappa shape index (κ1) is 17.1. The van der Waals surface area contributed by atoms with Crippen LogP contribution < -0.4 is 4.90 Å². The molecule has 0 saturated carbocycles. The van der Waals surface area contributed by atoms with Crippen molar-refractivity contribution in [3.05, 3.63) is 64.7 Å². The largest absolute Gasteiger partial charge is 0.419 e. The summed E-state index contributed by atoms with van der Waals surface area (Å²) in [5.41, 5.74) is 0.698. The van der Waals surface area contributed by atoms with Gasteiger partial charge in [-0.2, -0.15) is 0 Å². The van der Waals surface area contributed by atoms with Crippen molar-refractivity contribution >= 4 is 11.5 Å². The second-order valence-corrected chi connectivity index (χ2v) is 6.26. The molecule has 1 aromatic carbocycles. The maximum absolute atomic E-state index is 10.7. The molecule has 1 aliphatic heterocycles. The van der Waals surface area contributed by atoms with Crippen molar-refractivity contribution in [2.24, 2.45) is 0 Å². The molecule has 3 heterocycles. The average molecular weight is 366 g/mol. The van der Waals surface area contributed by atoms with Crippen LogP contribution in [-0.4, -0.2) is 51.2 Å². The molecule has 3 aromatic rings. The predicted octanol–water partition coefficient (Wildman–Crippen LogP) is 2.36. The van der Waals surface area contributed by atoms with Crippen LogP contribution in [0.5, 0.6) is 0 Å². The van der Waals surface area contributed by atoms with Crippen LogP contribution in [0, 0.1) is 10.1 Å². The molecule has 1 fully saturated rings. The first-order chi connectivity index (χ1) is 13.2. The fourth-order valence-electron chi connectivity index (χ4n) is 3.03. The molecule has 27 heavy (non-hydrogen) atoms. The minimum absolute atomic E-state index is 0.0317. The Kier molecular flexibility index (Phi) is 4.75. The van der Waals surface area contributed by atoms with Gasteiger partial charge in [-0.3, -0.25) is 15.0 Å². The number of pyridine rings is 1. The molecule has 0 N–H and O–H groups in total. The minimum Gasteiger partial charge on any atom is -0.419 e. The molecule has 9 nitrogen and oxygen atoms in total. The highest BCUT2D eigenvalue weighted by Gasteiger charge is 2.20. The van der Waals surface area contributed by atoms with Gasteiger partial charge < -0.3 is 9.32 Å². The van der Waals surface area contributed by atoms with E-state index in [9.17, 15) is 10.1 Å². The van der Waals surface area contributed by atoms with Crippen LogP contribution in [0.15, 0.2) is 53.1 Å². The number of anilines is 1. The Hall–Kier alpha value is -3.33. The van der Waals surface area contributed by atoms with Gasteiger partial charge in [0.1, 0.15) is 5.82 Å². The van der Waals surface area contributed by atoms with Gasteiger partial charge in [0.15, 0.2) is 0 Å². The van der Waals surface area contributed by atoms with E-state index in [-0.39, 0.29) is 5.69 Å². The number of non-ortho nitro benzene ring substituents is 1. The standard InChI is InChI=1S/C18H18N6O3/c25-24(26)15-6-4-14(5-7-15)18-21-20-17(27-18)13-22-9-11-23(12-10-22)16-3-1-2-8-19-16/h1-8H,9-13H2. The van der Waals surface area contributed by atoms with Crippen molar-refractivity contribution in [2.45, 2.75) is 6.54 Å². The van der Waals surface area contributed by atoms with E-state index in [0.717, 1.165) is 32.0 Å². The van der Waals surface area contributed by atoms with Gasteiger partial charge in [-0.15, -0.1) is 10.2 Å². The topological polar surface area (TPSA) is 101 Å². The lowest BCUT2D eigenvalue weighted by molar-refractivity contribution is -0.384. The normalized spacial score (nSPS) is 15.0. The third kappa shape index (κ3) is 3.93. The first-order valence-electron chi connectivity index (χ1n) is 8.64. The smallest absolute Gasteiger partial charge is 0.269 e. The van der Waals surface area contributed by atoms with Gasteiger partial charge in [0.05, 0.1) is 11.5 Å². The summed E-state index contributed by atoms with van der Waals surface area (Å²) in [5.74, 6) is 1.90. The second kappa shape index (κ2) is 7.50. The van der Waals surface area contributed by atoms with Crippen LogP contribution >= 0.6 is 0 Å². The summed E-state index contributed by atoms with van der Waals surface area (Å²) in [7, 11) is 0. The van der Waals surface area contributed by atoms with E-state index in [1.165, 1.54) is 12.1 Å². The van der Waals surface area contributed by atoms with E-state index in [1.54, 1.807) is 18.3 Å². The summed E-state index contributed by atoms with van der Waals surface area (Å²) in [5, 5.41) is 18.9. The molecule has 9 heteroatoms. The number of benzene rings is 1. The molecule has 138 valence electrons. The zero-order chi connectivity index (χ0) is 18.6. The van der Waals surface area contributed by atoms with Crippen molar-refractivity contribution in [3.63, 3.8) is 0 Å². The Bertz CT molecular complexity index is 904. The van der Waals surface area contributed by atoms with Crippen molar-refractivity contribution in [2.75, 3.05) is 31.1 Å². The monoisotopic (exact) mass is 366 g/mol. The highest BCUT2D eigenvalue weighted by atomic mass is 16.6. The summed E-state index contributed by atoms with van der Waals surface area (Å²) >= 11 is 0. The van der Waals surface area contributed by atoms with Crippen molar-refractivity contribution < 1.29 is 9.34 Å². The van der Waals surface area contributed by atoms with E-state index in [0.29, 0.717) is 23.9 Å². The molecule has 0 unspecified atom stereocenters. The van der Waals surface area contributed by atoms with E-state index in [4.69, 9.17) is 4.42 Å². The lowest BCUT2D eigenvalue weighted by Gasteiger charge is -2.34. The van der Waals surface area contributed by atoms with Crippen molar-refractivity contribution in [1.29, 1.82) is 0 Å². The van der Waals surface area contributed by atoms with Crippen LogP contribution in [0.3, 0.4) is 0 Å². The third-order valence-corrected chi connectivity index (χ3v) is 4.50. The van der Waals surface area contributed by atoms with Crippen LogP contribution in [0.1, 0.15) is 5.89 Å². The van der Waals surface area contributed by atoms with Crippen LogP contribution in [0.4, 0.5) is 11.5 Å².